The summed E-state index contributed by atoms with van der Waals surface area (Å²) in [6.07, 6.45) is 0. The number of benzene rings is 2. The van der Waals surface area contributed by atoms with E-state index in [0.717, 1.165) is 31.9 Å². The SMILES string of the molecule is CC(=O)c1ccc(N=NN2CCN(c3ccccc3C)CC2)cc1. The fourth-order valence-corrected chi connectivity index (χ4v) is 2.82. The molecule has 1 heterocycles. The van der Waals surface area contributed by atoms with Crippen molar-refractivity contribution in [3.8, 4) is 0 Å². The molecular weight excluding hydrogens is 300 g/mol. The molecule has 0 amide bonds. The minimum atomic E-state index is 0.0609. The van der Waals surface area contributed by atoms with Crippen LogP contribution >= 0.6 is 0 Å². The molecule has 5 heteroatoms. The summed E-state index contributed by atoms with van der Waals surface area (Å²) < 4.78 is 0. The second kappa shape index (κ2) is 7.25. The number of Topliss-reactive ketones (excluding diaryl/α,β-unsaturated/α-hetero) is 1. The minimum Gasteiger partial charge on any atom is -0.368 e. The summed E-state index contributed by atoms with van der Waals surface area (Å²) >= 11 is 0. The third kappa shape index (κ3) is 3.79. The predicted molar refractivity (Wildman–Crippen MR) is 95.9 cm³/mol. The first kappa shape index (κ1) is 16.2. The number of ketones is 1. The Hall–Kier alpha value is -2.69. The Labute approximate surface area is 142 Å². The van der Waals surface area contributed by atoms with Crippen LogP contribution in [-0.4, -0.2) is 37.0 Å². The molecular formula is C19H22N4O. The lowest BCUT2D eigenvalue weighted by Gasteiger charge is -2.34. The molecule has 0 unspecified atom stereocenters. The van der Waals surface area contributed by atoms with E-state index in [4.69, 9.17) is 0 Å². The van der Waals surface area contributed by atoms with Crippen molar-refractivity contribution in [1.82, 2.24) is 5.01 Å². The molecule has 0 bridgehead atoms. The summed E-state index contributed by atoms with van der Waals surface area (Å²) in [5.74, 6) is 0.0609. The third-order valence-electron chi connectivity index (χ3n) is 4.27. The molecule has 0 spiro atoms. The number of rotatable bonds is 4. The standard InChI is InChI=1S/C19H22N4O/c1-15-5-3-4-6-19(15)22-11-13-23(14-12-22)21-20-18-9-7-17(8-10-18)16(2)24/h3-10H,11-14H2,1-2H3. The second-order valence-corrected chi connectivity index (χ2v) is 6.02. The predicted octanol–water partition coefficient (Wildman–Crippen LogP) is 4.02. The van der Waals surface area contributed by atoms with Crippen LogP contribution in [0.1, 0.15) is 22.8 Å². The Kier molecular flexibility index (Phi) is 4.89. The third-order valence-corrected chi connectivity index (χ3v) is 4.27. The van der Waals surface area contributed by atoms with E-state index < -0.39 is 0 Å². The molecule has 2 aromatic rings. The molecule has 0 atom stereocenters. The van der Waals surface area contributed by atoms with Crippen LogP contribution in [-0.2, 0) is 0 Å². The average Bonchev–Trinajstić information content (AvgIpc) is 2.61. The highest BCUT2D eigenvalue weighted by Gasteiger charge is 2.17. The highest BCUT2D eigenvalue weighted by molar-refractivity contribution is 5.94. The van der Waals surface area contributed by atoms with Crippen molar-refractivity contribution in [1.29, 1.82) is 0 Å². The topological polar surface area (TPSA) is 48.3 Å². The van der Waals surface area contributed by atoms with Gasteiger partial charge >= 0.3 is 0 Å². The van der Waals surface area contributed by atoms with E-state index in [-0.39, 0.29) is 5.78 Å². The molecule has 0 N–H and O–H groups in total. The second-order valence-electron chi connectivity index (χ2n) is 6.02. The van der Waals surface area contributed by atoms with Crippen molar-refractivity contribution in [3.05, 3.63) is 59.7 Å². The van der Waals surface area contributed by atoms with Gasteiger partial charge in [0.25, 0.3) is 0 Å². The lowest BCUT2D eigenvalue weighted by atomic mass is 10.1. The van der Waals surface area contributed by atoms with Crippen LogP contribution in [0.3, 0.4) is 0 Å². The number of carbonyl (C=O) groups excluding carboxylic acids is 1. The molecule has 0 saturated carbocycles. The monoisotopic (exact) mass is 322 g/mol. The number of nitrogens with zero attached hydrogens (tertiary/aromatic N) is 4. The highest BCUT2D eigenvalue weighted by atomic mass is 16.1. The molecule has 1 fully saturated rings. The van der Waals surface area contributed by atoms with Gasteiger partial charge in [0.05, 0.1) is 18.8 Å². The molecule has 1 aliphatic rings. The Morgan fingerprint density at radius 1 is 0.958 bits per heavy atom. The molecule has 1 aliphatic heterocycles. The van der Waals surface area contributed by atoms with Crippen molar-refractivity contribution < 1.29 is 4.79 Å². The number of hydrogen-bond acceptors (Lipinski definition) is 4. The van der Waals surface area contributed by atoms with E-state index in [1.165, 1.54) is 11.3 Å². The number of aryl methyl sites for hydroxylation is 1. The van der Waals surface area contributed by atoms with Crippen molar-refractivity contribution in [2.24, 2.45) is 10.3 Å². The van der Waals surface area contributed by atoms with Gasteiger partial charge in [-0.15, -0.1) is 5.11 Å². The summed E-state index contributed by atoms with van der Waals surface area (Å²) in [5, 5.41) is 10.6. The van der Waals surface area contributed by atoms with Gasteiger partial charge in [0, 0.05) is 24.3 Å². The van der Waals surface area contributed by atoms with Gasteiger partial charge in [0.15, 0.2) is 5.78 Å². The summed E-state index contributed by atoms with van der Waals surface area (Å²) in [6.45, 7) is 7.28. The first-order valence-corrected chi connectivity index (χ1v) is 8.21. The first-order valence-electron chi connectivity index (χ1n) is 8.21. The summed E-state index contributed by atoms with van der Waals surface area (Å²) in [6, 6.07) is 15.7. The van der Waals surface area contributed by atoms with Crippen LogP contribution in [0.5, 0.6) is 0 Å². The van der Waals surface area contributed by atoms with Crippen molar-refractivity contribution in [2.75, 3.05) is 31.1 Å². The number of para-hydroxylation sites is 1. The van der Waals surface area contributed by atoms with Gasteiger partial charge < -0.3 is 4.90 Å². The lowest BCUT2D eigenvalue weighted by Crippen LogP contribution is -2.44. The smallest absolute Gasteiger partial charge is 0.159 e. The van der Waals surface area contributed by atoms with Crippen LogP contribution in [0.4, 0.5) is 11.4 Å². The maximum atomic E-state index is 11.3. The molecule has 0 aromatic heterocycles. The molecule has 124 valence electrons. The van der Waals surface area contributed by atoms with E-state index in [1.807, 2.05) is 17.1 Å². The molecule has 5 nitrogen and oxygen atoms in total. The molecule has 0 radical (unpaired) electrons. The Bertz CT molecular complexity index is 731. The van der Waals surface area contributed by atoms with Crippen molar-refractivity contribution >= 4 is 17.2 Å². The Balaban J connectivity index is 1.57. The van der Waals surface area contributed by atoms with E-state index in [2.05, 4.69) is 46.4 Å². The minimum absolute atomic E-state index is 0.0609. The van der Waals surface area contributed by atoms with Gasteiger partial charge in [-0.25, -0.2) is 0 Å². The van der Waals surface area contributed by atoms with Crippen LogP contribution in [0, 0.1) is 6.92 Å². The summed E-state index contributed by atoms with van der Waals surface area (Å²) in [4.78, 5) is 13.7. The first-order chi connectivity index (χ1) is 11.6. The molecule has 1 saturated heterocycles. The van der Waals surface area contributed by atoms with Crippen molar-refractivity contribution in [3.63, 3.8) is 0 Å². The largest absolute Gasteiger partial charge is 0.368 e. The normalized spacial score (nSPS) is 15.1. The fraction of sp³-hybridized carbons (Fsp3) is 0.316. The van der Waals surface area contributed by atoms with Crippen LogP contribution in [0.2, 0.25) is 0 Å². The zero-order valence-electron chi connectivity index (χ0n) is 14.1. The summed E-state index contributed by atoms with van der Waals surface area (Å²) in [7, 11) is 0. The Morgan fingerprint density at radius 2 is 1.62 bits per heavy atom. The molecule has 3 rings (SSSR count). The zero-order chi connectivity index (χ0) is 16.9. The Morgan fingerprint density at radius 3 is 2.25 bits per heavy atom. The quantitative estimate of drug-likeness (QED) is 0.631. The number of anilines is 1. The van der Waals surface area contributed by atoms with Gasteiger partial charge in [-0.2, -0.15) is 0 Å². The van der Waals surface area contributed by atoms with E-state index in [9.17, 15) is 4.79 Å². The molecule has 24 heavy (non-hydrogen) atoms. The van der Waals surface area contributed by atoms with Crippen LogP contribution < -0.4 is 4.90 Å². The maximum absolute atomic E-state index is 11.3. The van der Waals surface area contributed by atoms with E-state index in [1.54, 1.807) is 19.1 Å². The lowest BCUT2D eigenvalue weighted by molar-refractivity contribution is 0.101. The maximum Gasteiger partial charge on any atom is 0.159 e. The van der Waals surface area contributed by atoms with E-state index >= 15 is 0 Å². The molecule has 0 aliphatic carbocycles. The molecule has 2 aromatic carbocycles. The average molecular weight is 322 g/mol. The van der Waals surface area contributed by atoms with Crippen molar-refractivity contribution in [2.45, 2.75) is 13.8 Å². The van der Waals surface area contributed by atoms with Crippen LogP contribution in [0.25, 0.3) is 0 Å². The zero-order valence-corrected chi connectivity index (χ0v) is 14.1. The van der Waals surface area contributed by atoms with Gasteiger partial charge in [-0.3, -0.25) is 9.80 Å². The van der Waals surface area contributed by atoms with Gasteiger partial charge in [0.1, 0.15) is 0 Å². The number of piperazine rings is 1. The van der Waals surface area contributed by atoms with Gasteiger partial charge in [-0.05, 0) is 49.7 Å². The van der Waals surface area contributed by atoms with Gasteiger partial charge in [-0.1, -0.05) is 23.4 Å². The number of carbonyl (C=O) groups is 1. The highest BCUT2D eigenvalue weighted by Crippen LogP contribution is 2.21. The van der Waals surface area contributed by atoms with Crippen LogP contribution in [0.15, 0.2) is 58.9 Å². The van der Waals surface area contributed by atoms with Gasteiger partial charge in [0.2, 0.25) is 0 Å². The fourth-order valence-electron chi connectivity index (χ4n) is 2.82. The number of hydrogen-bond donors (Lipinski definition) is 0. The van der Waals surface area contributed by atoms with E-state index in [0.29, 0.717) is 5.56 Å². The summed E-state index contributed by atoms with van der Waals surface area (Å²) in [5.41, 5.74) is 4.06.